The van der Waals surface area contributed by atoms with E-state index in [1.165, 1.54) is 5.56 Å². The SMILES string of the molecule is CC.Cc1[nH]nc(Br)c1C(C)C. The molecule has 0 radical (unpaired) electrons. The van der Waals surface area contributed by atoms with Gasteiger partial charge < -0.3 is 0 Å². The van der Waals surface area contributed by atoms with Crippen LogP contribution in [0.4, 0.5) is 0 Å². The van der Waals surface area contributed by atoms with Crippen LogP contribution in [0, 0.1) is 6.92 Å². The minimum Gasteiger partial charge on any atom is -0.281 e. The molecule has 0 saturated carbocycles. The smallest absolute Gasteiger partial charge is 0.131 e. The average molecular weight is 233 g/mol. The summed E-state index contributed by atoms with van der Waals surface area (Å²) in [7, 11) is 0. The Kier molecular flexibility index (Phi) is 5.22. The second kappa shape index (κ2) is 5.36. The van der Waals surface area contributed by atoms with Crippen LogP contribution in [-0.2, 0) is 0 Å². The van der Waals surface area contributed by atoms with Crippen molar-refractivity contribution in [3.8, 4) is 0 Å². The number of hydrogen-bond acceptors (Lipinski definition) is 1. The third-order valence-electron chi connectivity index (χ3n) is 1.53. The molecule has 0 saturated heterocycles. The fourth-order valence-corrected chi connectivity index (χ4v) is 1.92. The summed E-state index contributed by atoms with van der Waals surface area (Å²) in [5.74, 6) is 0.535. The Morgan fingerprint density at radius 3 is 2.00 bits per heavy atom. The summed E-state index contributed by atoms with van der Waals surface area (Å²) in [6.07, 6.45) is 0. The maximum Gasteiger partial charge on any atom is 0.131 e. The highest BCUT2D eigenvalue weighted by Gasteiger charge is 2.09. The zero-order valence-corrected chi connectivity index (χ0v) is 9.99. The lowest BCUT2D eigenvalue weighted by atomic mass is 10.1. The van der Waals surface area contributed by atoms with E-state index < -0.39 is 0 Å². The predicted octanol–water partition coefficient (Wildman–Crippen LogP) is 3.63. The number of hydrogen-bond donors (Lipinski definition) is 1. The Morgan fingerprint density at radius 1 is 1.33 bits per heavy atom. The number of aryl methyl sites for hydroxylation is 1. The molecule has 0 bridgehead atoms. The van der Waals surface area contributed by atoms with E-state index in [2.05, 4.69) is 40.0 Å². The summed E-state index contributed by atoms with van der Waals surface area (Å²) in [6.45, 7) is 10.3. The molecule has 12 heavy (non-hydrogen) atoms. The zero-order valence-electron chi connectivity index (χ0n) is 8.40. The lowest BCUT2D eigenvalue weighted by molar-refractivity contribution is 0.852. The number of halogens is 1. The van der Waals surface area contributed by atoms with Crippen LogP contribution in [0.25, 0.3) is 0 Å². The molecule has 0 aliphatic heterocycles. The molecule has 0 fully saturated rings. The summed E-state index contributed by atoms with van der Waals surface area (Å²) in [6, 6.07) is 0. The third-order valence-corrected chi connectivity index (χ3v) is 2.13. The quantitative estimate of drug-likeness (QED) is 0.788. The fourth-order valence-electron chi connectivity index (χ4n) is 1.08. The van der Waals surface area contributed by atoms with Gasteiger partial charge in [0.25, 0.3) is 0 Å². The number of nitrogens with zero attached hydrogens (tertiary/aromatic N) is 1. The van der Waals surface area contributed by atoms with Crippen molar-refractivity contribution in [2.24, 2.45) is 0 Å². The standard InChI is InChI=1S/C7H11BrN2.C2H6/c1-4(2)6-5(3)9-10-7(6)8;1-2/h4H,1-3H3,(H,9,10);1-2H3. The van der Waals surface area contributed by atoms with Gasteiger partial charge in [0.05, 0.1) is 0 Å². The molecule has 2 nitrogen and oxygen atoms in total. The van der Waals surface area contributed by atoms with E-state index >= 15 is 0 Å². The molecule has 0 aliphatic rings. The van der Waals surface area contributed by atoms with Gasteiger partial charge in [-0.3, -0.25) is 5.10 Å². The Hall–Kier alpha value is -0.310. The lowest BCUT2D eigenvalue weighted by Crippen LogP contribution is -1.88. The first-order valence-electron chi connectivity index (χ1n) is 4.33. The molecule has 0 atom stereocenters. The second-order valence-corrected chi connectivity index (χ2v) is 3.46. The minimum absolute atomic E-state index is 0.535. The molecule has 3 heteroatoms. The van der Waals surface area contributed by atoms with Gasteiger partial charge in [0.15, 0.2) is 0 Å². The number of nitrogens with one attached hydrogen (secondary N) is 1. The van der Waals surface area contributed by atoms with Crippen molar-refractivity contribution in [3.05, 3.63) is 15.9 Å². The highest BCUT2D eigenvalue weighted by molar-refractivity contribution is 9.10. The highest BCUT2D eigenvalue weighted by Crippen LogP contribution is 2.24. The second-order valence-electron chi connectivity index (χ2n) is 2.71. The summed E-state index contributed by atoms with van der Waals surface area (Å²) >= 11 is 3.38. The van der Waals surface area contributed by atoms with Crippen molar-refractivity contribution in [3.63, 3.8) is 0 Å². The van der Waals surface area contributed by atoms with Crippen LogP contribution in [-0.4, -0.2) is 10.2 Å². The number of aromatic amines is 1. The zero-order chi connectivity index (χ0) is 9.72. The fraction of sp³-hybridized carbons (Fsp3) is 0.667. The molecule has 1 N–H and O–H groups in total. The monoisotopic (exact) mass is 232 g/mol. The minimum atomic E-state index is 0.535. The van der Waals surface area contributed by atoms with Crippen LogP contribution in [0.3, 0.4) is 0 Å². The topological polar surface area (TPSA) is 28.7 Å². The Balaban J connectivity index is 0.000000561. The molecule has 0 aliphatic carbocycles. The van der Waals surface area contributed by atoms with Crippen LogP contribution in [0.15, 0.2) is 4.60 Å². The summed E-state index contributed by atoms with van der Waals surface area (Å²) in [5.41, 5.74) is 2.43. The molecule has 0 amide bonds. The van der Waals surface area contributed by atoms with Crippen molar-refractivity contribution < 1.29 is 0 Å². The maximum absolute atomic E-state index is 4.03. The van der Waals surface area contributed by atoms with Gasteiger partial charge in [-0.15, -0.1) is 0 Å². The molecule has 1 aromatic heterocycles. The predicted molar refractivity (Wildman–Crippen MR) is 56.5 cm³/mol. The number of rotatable bonds is 1. The number of aromatic nitrogens is 2. The lowest BCUT2D eigenvalue weighted by Gasteiger charge is -2.01. The molecule has 0 aromatic carbocycles. The van der Waals surface area contributed by atoms with Crippen molar-refractivity contribution >= 4 is 15.9 Å². The number of H-pyrrole nitrogens is 1. The van der Waals surface area contributed by atoms with Crippen LogP contribution in [0.2, 0.25) is 0 Å². The van der Waals surface area contributed by atoms with Crippen LogP contribution in [0.1, 0.15) is 44.9 Å². The van der Waals surface area contributed by atoms with Gasteiger partial charge in [-0.25, -0.2) is 0 Å². The Labute approximate surface area is 82.9 Å². The third kappa shape index (κ3) is 2.63. The van der Waals surface area contributed by atoms with Gasteiger partial charge >= 0.3 is 0 Å². The summed E-state index contributed by atoms with van der Waals surface area (Å²) < 4.78 is 0.944. The molecule has 1 heterocycles. The molecular weight excluding hydrogens is 216 g/mol. The summed E-state index contributed by atoms with van der Waals surface area (Å²) in [4.78, 5) is 0. The average Bonchev–Trinajstić information content (AvgIpc) is 2.35. The van der Waals surface area contributed by atoms with E-state index in [0.29, 0.717) is 5.92 Å². The molecule has 1 rings (SSSR count). The van der Waals surface area contributed by atoms with Crippen LogP contribution < -0.4 is 0 Å². The van der Waals surface area contributed by atoms with E-state index in [0.717, 1.165) is 10.3 Å². The van der Waals surface area contributed by atoms with Gasteiger partial charge in [0.2, 0.25) is 0 Å². The van der Waals surface area contributed by atoms with Gasteiger partial charge in [-0.2, -0.15) is 5.10 Å². The van der Waals surface area contributed by atoms with Crippen LogP contribution >= 0.6 is 15.9 Å². The van der Waals surface area contributed by atoms with E-state index in [1.807, 2.05) is 20.8 Å². The maximum atomic E-state index is 4.03. The van der Waals surface area contributed by atoms with Crippen molar-refractivity contribution in [1.29, 1.82) is 0 Å². The Bertz CT molecular complexity index is 209. The Morgan fingerprint density at radius 2 is 1.83 bits per heavy atom. The van der Waals surface area contributed by atoms with E-state index in [-0.39, 0.29) is 0 Å². The first-order valence-corrected chi connectivity index (χ1v) is 5.12. The molecule has 1 aromatic rings. The van der Waals surface area contributed by atoms with Crippen molar-refractivity contribution in [2.75, 3.05) is 0 Å². The normalized spacial score (nSPS) is 9.58. The molecule has 0 unspecified atom stereocenters. The largest absolute Gasteiger partial charge is 0.281 e. The van der Waals surface area contributed by atoms with Gasteiger partial charge in [-0.05, 0) is 28.8 Å². The van der Waals surface area contributed by atoms with Crippen LogP contribution in [0.5, 0.6) is 0 Å². The van der Waals surface area contributed by atoms with E-state index in [1.54, 1.807) is 0 Å². The van der Waals surface area contributed by atoms with E-state index in [9.17, 15) is 0 Å². The summed E-state index contributed by atoms with van der Waals surface area (Å²) in [5, 5.41) is 6.95. The van der Waals surface area contributed by atoms with E-state index in [4.69, 9.17) is 0 Å². The van der Waals surface area contributed by atoms with Crippen molar-refractivity contribution in [2.45, 2.75) is 40.5 Å². The van der Waals surface area contributed by atoms with Gasteiger partial charge in [0.1, 0.15) is 4.60 Å². The highest BCUT2D eigenvalue weighted by atomic mass is 79.9. The first-order chi connectivity index (χ1) is 5.63. The van der Waals surface area contributed by atoms with Crippen molar-refractivity contribution in [1.82, 2.24) is 10.2 Å². The first kappa shape index (κ1) is 11.7. The molecular formula is C9H17BrN2. The van der Waals surface area contributed by atoms with Gasteiger partial charge in [-0.1, -0.05) is 27.7 Å². The molecule has 0 spiro atoms. The molecule has 70 valence electrons. The van der Waals surface area contributed by atoms with Gasteiger partial charge in [0, 0.05) is 11.3 Å².